The molecule has 0 saturated heterocycles. The molecule has 0 amide bonds. The molecule has 1 aromatic rings. The highest BCUT2D eigenvalue weighted by Crippen LogP contribution is 2.27. The van der Waals surface area contributed by atoms with Crippen molar-refractivity contribution < 1.29 is 4.74 Å². The van der Waals surface area contributed by atoms with E-state index in [0.29, 0.717) is 12.0 Å². The Labute approximate surface area is 75.7 Å². The summed E-state index contributed by atoms with van der Waals surface area (Å²) in [4.78, 5) is 7.83. The lowest BCUT2D eigenvalue weighted by atomic mass is 10.4. The molecule has 0 radical (unpaired) electrons. The summed E-state index contributed by atoms with van der Waals surface area (Å²) >= 11 is 5.62. The van der Waals surface area contributed by atoms with Crippen LogP contribution in [0, 0.1) is 6.92 Å². The van der Waals surface area contributed by atoms with Crippen LogP contribution >= 0.6 is 11.6 Å². The molecule has 1 aliphatic carbocycles. The van der Waals surface area contributed by atoms with Crippen LogP contribution in [0.25, 0.3) is 0 Å². The van der Waals surface area contributed by atoms with Crippen LogP contribution in [0.1, 0.15) is 18.4 Å². The van der Waals surface area contributed by atoms with E-state index in [1.807, 2.05) is 6.92 Å². The summed E-state index contributed by atoms with van der Waals surface area (Å²) in [5.41, 5.74) is 0.936. The van der Waals surface area contributed by atoms with Crippen LogP contribution in [0.3, 0.4) is 0 Å². The third kappa shape index (κ3) is 1.67. The second kappa shape index (κ2) is 2.90. The number of hydrogen-bond donors (Lipinski definition) is 0. The minimum atomic E-state index is 0.247. The number of aromatic nitrogens is 2. The third-order valence-electron chi connectivity index (χ3n) is 1.70. The van der Waals surface area contributed by atoms with Crippen LogP contribution in [-0.2, 0) is 0 Å². The molecule has 0 unspecified atom stereocenters. The van der Waals surface area contributed by atoms with Crippen molar-refractivity contribution in [2.45, 2.75) is 25.9 Å². The molecule has 0 atom stereocenters. The molecule has 0 aliphatic heterocycles. The van der Waals surface area contributed by atoms with Gasteiger partial charge in [-0.25, -0.2) is 4.98 Å². The average molecular weight is 185 g/mol. The number of nitrogens with zero attached hydrogens (tertiary/aromatic N) is 2. The van der Waals surface area contributed by atoms with Gasteiger partial charge in [0.25, 0.3) is 0 Å². The minimum Gasteiger partial charge on any atom is -0.474 e. The number of hydrogen-bond acceptors (Lipinski definition) is 3. The van der Waals surface area contributed by atoms with Crippen molar-refractivity contribution in [2.24, 2.45) is 0 Å². The van der Waals surface area contributed by atoms with E-state index in [2.05, 4.69) is 9.97 Å². The SMILES string of the molecule is Cc1cnc(Cl)nc1OC1CC1. The molecule has 1 aromatic heterocycles. The van der Waals surface area contributed by atoms with Gasteiger partial charge < -0.3 is 4.74 Å². The quantitative estimate of drug-likeness (QED) is 0.660. The van der Waals surface area contributed by atoms with Crippen molar-refractivity contribution >= 4 is 11.6 Å². The zero-order valence-corrected chi connectivity index (χ0v) is 7.51. The van der Waals surface area contributed by atoms with Crippen molar-refractivity contribution in [3.63, 3.8) is 0 Å². The van der Waals surface area contributed by atoms with Crippen LogP contribution in [0.5, 0.6) is 5.88 Å². The molecule has 0 bridgehead atoms. The summed E-state index contributed by atoms with van der Waals surface area (Å²) in [5.74, 6) is 0.623. The molecule has 0 N–H and O–H groups in total. The fraction of sp³-hybridized carbons (Fsp3) is 0.500. The van der Waals surface area contributed by atoms with E-state index in [1.165, 1.54) is 0 Å². The maximum Gasteiger partial charge on any atom is 0.225 e. The molecule has 12 heavy (non-hydrogen) atoms. The van der Waals surface area contributed by atoms with Crippen LogP contribution in [0.15, 0.2) is 6.20 Å². The van der Waals surface area contributed by atoms with Gasteiger partial charge in [0.05, 0.1) is 0 Å². The van der Waals surface area contributed by atoms with Crippen LogP contribution in [0.4, 0.5) is 0 Å². The molecule has 1 fully saturated rings. The lowest BCUT2D eigenvalue weighted by molar-refractivity contribution is 0.288. The normalized spacial score (nSPS) is 16.2. The summed E-state index contributed by atoms with van der Waals surface area (Å²) in [6.07, 6.45) is 4.28. The Kier molecular flexibility index (Phi) is 1.89. The van der Waals surface area contributed by atoms with Gasteiger partial charge in [-0.15, -0.1) is 0 Å². The molecule has 1 saturated carbocycles. The Hall–Kier alpha value is -0.830. The first-order chi connectivity index (χ1) is 5.75. The van der Waals surface area contributed by atoms with Crippen molar-refractivity contribution in [1.29, 1.82) is 0 Å². The van der Waals surface area contributed by atoms with Gasteiger partial charge in [0.1, 0.15) is 6.10 Å². The van der Waals surface area contributed by atoms with Crippen molar-refractivity contribution in [1.82, 2.24) is 9.97 Å². The predicted octanol–water partition coefficient (Wildman–Crippen LogP) is 1.98. The predicted molar refractivity (Wildman–Crippen MR) is 45.4 cm³/mol. The largest absolute Gasteiger partial charge is 0.474 e. The lowest BCUT2D eigenvalue weighted by Gasteiger charge is -2.05. The minimum absolute atomic E-state index is 0.247. The number of ether oxygens (including phenoxy) is 1. The molecular formula is C8H9ClN2O. The van der Waals surface area contributed by atoms with Gasteiger partial charge in [0, 0.05) is 11.8 Å². The van der Waals surface area contributed by atoms with E-state index in [0.717, 1.165) is 18.4 Å². The highest BCUT2D eigenvalue weighted by Gasteiger charge is 2.24. The maximum atomic E-state index is 5.62. The van der Waals surface area contributed by atoms with E-state index >= 15 is 0 Å². The van der Waals surface area contributed by atoms with Crippen LogP contribution in [0.2, 0.25) is 5.28 Å². The van der Waals surface area contributed by atoms with Gasteiger partial charge in [-0.3, -0.25) is 0 Å². The molecule has 1 heterocycles. The molecule has 4 heteroatoms. The lowest BCUT2D eigenvalue weighted by Crippen LogP contribution is -2.01. The maximum absolute atomic E-state index is 5.62. The summed E-state index contributed by atoms with van der Waals surface area (Å²) in [7, 11) is 0. The average Bonchev–Trinajstić information content (AvgIpc) is 2.81. The van der Waals surface area contributed by atoms with Gasteiger partial charge in [0.15, 0.2) is 0 Å². The standard InChI is InChI=1S/C8H9ClN2O/c1-5-4-10-8(9)11-7(5)12-6-2-3-6/h4,6H,2-3H2,1H3. The summed E-state index contributed by atoms with van der Waals surface area (Å²) < 4.78 is 5.50. The highest BCUT2D eigenvalue weighted by molar-refractivity contribution is 6.28. The zero-order valence-electron chi connectivity index (χ0n) is 6.75. The fourth-order valence-corrected chi connectivity index (χ4v) is 0.995. The molecule has 0 aromatic carbocycles. The van der Waals surface area contributed by atoms with Crippen molar-refractivity contribution in [3.05, 3.63) is 17.0 Å². The smallest absolute Gasteiger partial charge is 0.225 e. The van der Waals surface area contributed by atoms with Gasteiger partial charge in [-0.05, 0) is 31.4 Å². The van der Waals surface area contributed by atoms with Crippen molar-refractivity contribution in [2.75, 3.05) is 0 Å². The topological polar surface area (TPSA) is 35.0 Å². The second-order valence-corrected chi connectivity index (χ2v) is 3.28. The van der Waals surface area contributed by atoms with Gasteiger partial charge in [-0.1, -0.05) is 0 Å². The molecule has 1 aliphatic rings. The van der Waals surface area contributed by atoms with Crippen molar-refractivity contribution in [3.8, 4) is 5.88 Å². The first kappa shape index (κ1) is 7.80. The molecule has 3 nitrogen and oxygen atoms in total. The third-order valence-corrected chi connectivity index (χ3v) is 1.88. The monoisotopic (exact) mass is 184 g/mol. The molecular weight excluding hydrogens is 176 g/mol. The summed E-state index contributed by atoms with van der Waals surface area (Å²) in [6, 6.07) is 0. The molecule has 2 rings (SSSR count). The van der Waals surface area contributed by atoms with E-state index in [-0.39, 0.29) is 5.28 Å². The molecule has 64 valence electrons. The Morgan fingerprint density at radius 3 is 3.00 bits per heavy atom. The van der Waals surface area contributed by atoms with Gasteiger partial charge in [-0.2, -0.15) is 4.98 Å². The Morgan fingerprint density at radius 1 is 1.58 bits per heavy atom. The number of aryl methyl sites for hydroxylation is 1. The van der Waals surface area contributed by atoms with E-state index in [9.17, 15) is 0 Å². The molecule has 0 spiro atoms. The van der Waals surface area contributed by atoms with Crippen LogP contribution < -0.4 is 4.74 Å². The van der Waals surface area contributed by atoms with Gasteiger partial charge >= 0.3 is 0 Å². The van der Waals surface area contributed by atoms with E-state index < -0.39 is 0 Å². The first-order valence-corrected chi connectivity index (χ1v) is 4.29. The number of halogens is 1. The van der Waals surface area contributed by atoms with Crippen LogP contribution in [-0.4, -0.2) is 16.1 Å². The fourth-order valence-electron chi connectivity index (χ4n) is 0.869. The second-order valence-electron chi connectivity index (χ2n) is 2.94. The number of rotatable bonds is 2. The van der Waals surface area contributed by atoms with Gasteiger partial charge in [0.2, 0.25) is 11.2 Å². The summed E-state index contributed by atoms with van der Waals surface area (Å²) in [5, 5.41) is 0.247. The Morgan fingerprint density at radius 2 is 2.33 bits per heavy atom. The zero-order chi connectivity index (χ0) is 8.55. The Balaban J connectivity index is 2.21. The van der Waals surface area contributed by atoms with E-state index in [1.54, 1.807) is 6.20 Å². The first-order valence-electron chi connectivity index (χ1n) is 3.91. The highest BCUT2D eigenvalue weighted by atomic mass is 35.5. The van der Waals surface area contributed by atoms with E-state index in [4.69, 9.17) is 16.3 Å². The summed E-state index contributed by atoms with van der Waals surface area (Å²) in [6.45, 7) is 1.91. The Bertz CT molecular complexity index is 299.